The summed E-state index contributed by atoms with van der Waals surface area (Å²) in [5, 5.41) is 14.1. The van der Waals surface area contributed by atoms with Crippen LogP contribution in [0.25, 0.3) is 0 Å². The molecule has 0 aliphatic heterocycles. The van der Waals surface area contributed by atoms with Gasteiger partial charge in [-0.15, -0.1) is 0 Å². The summed E-state index contributed by atoms with van der Waals surface area (Å²) in [4.78, 5) is 0. The fourth-order valence-electron chi connectivity index (χ4n) is 1.96. The molecule has 0 saturated carbocycles. The Morgan fingerprint density at radius 3 is 2.65 bits per heavy atom. The first kappa shape index (κ1) is 15.5. The quantitative estimate of drug-likeness (QED) is 0.842. The highest BCUT2D eigenvalue weighted by Gasteiger charge is 2.14. The summed E-state index contributed by atoms with van der Waals surface area (Å²) >= 11 is 6.91. The summed E-state index contributed by atoms with van der Waals surface area (Å²) in [5.74, 6) is 0.675. The van der Waals surface area contributed by atoms with Crippen molar-refractivity contribution in [1.29, 1.82) is 0 Å². The molecule has 6 heteroatoms. The maximum absolute atomic E-state index is 9.81. The number of nitrogens with zero attached hydrogens (tertiary/aromatic N) is 2. The van der Waals surface area contributed by atoms with Crippen molar-refractivity contribution in [3.63, 3.8) is 0 Å². The van der Waals surface area contributed by atoms with E-state index in [-0.39, 0.29) is 0 Å². The Labute approximate surface area is 135 Å². The fraction of sp³-hybridized carbons (Fsp3) is 0.357. The summed E-state index contributed by atoms with van der Waals surface area (Å²) in [6, 6.07) is 5.61. The molecule has 0 radical (unpaired) electrons. The molecule has 1 aromatic carbocycles. The van der Waals surface area contributed by atoms with Crippen molar-refractivity contribution < 1.29 is 9.84 Å². The van der Waals surface area contributed by atoms with Crippen LogP contribution in [0.3, 0.4) is 0 Å². The van der Waals surface area contributed by atoms with Crippen molar-refractivity contribution in [2.75, 3.05) is 0 Å². The largest absolute Gasteiger partial charge is 0.487 e. The van der Waals surface area contributed by atoms with Crippen molar-refractivity contribution in [1.82, 2.24) is 9.78 Å². The lowest BCUT2D eigenvalue weighted by Gasteiger charge is -2.14. The maximum atomic E-state index is 9.81. The molecule has 1 atom stereocenters. The molecule has 4 nitrogen and oxygen atoms in total. The Morgan fingerprint density at radius 1 is 1.40 bits per heavy atom. The lowest BCUT2D eigenvalue weighted by Crippen LogP contribution is -2.06. The predicted molar refractivity (Wildman–Crippen MR) is 84.8 cm³/mol. The number of ether oxygens (including phenoxy) is 1. The van der Waals surface area contributed by atoms with E-state index in [2.05, 4.69) is 37.0 Å². The van der Waals surface area contributed by atoms with E-state index in [0.717, 1.165) is 25.9 Å². The molecule has 0 amide bonds. The fourth-order valence-corrected chi connectivity index (χ4v) is 2.79. The van der Waals surface area contributed by atoms with Crippen molar-refractivity contribution in [2.45, 2.75) is 26.6 Å². The van der Waals surface area contributed by atoms with Gasteiger partial charge in [0.15, 0.2) is 0 Å². The van der Waals surface area contributed by atoms with Gasteiger partial charge in [0.05, 0.1) is 22.0 Å². The zero-order chi connectivity index (χ0) is 14.9. The summed E-state index contributed by atoms with van der Waals surface area (Å²) in [6.45, 7) is 4.05. The molecule has 1 N–H and O–H groups in total. The van der Waals surface area contributed by atoms with Gasteiger partial charge in [-0.05, 0) is 48.0 Å². The minimum absolute atomic E-state index is 0.388. The van der Waals surface area contributed by atoms with Crippen molar-refractivity contribution >= 4 is 31.9 Å². The van der Waals surface area contributed by atoms with Crippen molar-refractivity contribution in [3.8, 4) is 5.75 Å². The van der Waals surface area contributed by atoms with Gasteiger partial charge in [-0.2, -0.15) is 5.10 Å². The normalized spacial score (nSPS) is 12.5. The van der Waals surface area contributed by atoms with Gasteiger partial charge in [-0.3, -0.25) is 4.68 Å². The van der Waals surface area contributed by atoms with E-state index in [4.69, 9.17) is 4.74 Å². The van der Waals surface area contributed by atoms with Gasteiger partial charge in [-0.1, -0.05) is 15.9 Å². The maximum Gasteiger partial charge on any atom is 0.131 e. The molecule has 20 heavy (non-hydrogen) atoms. The first-order valence-corrected chi connectivity index (χ1v) is 7.77. The Hall–Kier alpha value is -0.850. The van der Waals surface area contributed by atoms with Gasteiger partial charge >= 0.3 is 0 Å². The molecule has 0 fully saturated rings. The molecule has 0 aliphatic rings. The van der Waals surface area contributed by atoms with Gasteiger partial charge < -0.3 is 9.84 Å². The highest BCUT2D eigenvalue weighted by atomic mass is 79.9. The number of aliphatic hydroxyl groups is 1. The second kappa shape index (κ2) is 6.28. The summed E-state index contributed by atoms with van der Waals surface area (Å²) in [7, 11) is 1.88. The number of aromatic nitrogens is 2. The first-order chi connectivity index (χ1) is 9.40. The van der Waals surface area contributed by atoms with E-state index in [9.17, 15) is 5.11 Å². The van der Waals surface area contributed by atoms with Crippen LogP contribution >= 0.6 is 31.9 Å². The van der Waals surface area contributed by atoms with E-state index >= 15 is 0 Å². The molecule has 2 rings (SSSR count). The Kier molecular flexibility index (Phi) is 4.88. The number of hydrogen-bond donors (Lipinski definition) is 1. The highest BCUT2D eigenvalue weighted by molar-refractivity contribution is 9.10. The van der Waals surface area contributed by atoms with Gasteiger partial charge in [0.25, 0.3) is 0 Å². The van der Waals surface area contributed by atoms with Crippen LogP contribution in [0.5, 0.6) is 5.75 Å². The van der Waals surface area contributed by atoms with E-state index in [1.807, 2.05) is 32.2 Å². The van der Waals surface area contributed by atoms with Crippen LogP contribution in [0, 0.1) is 6.92 Å². The lowest BCUT2D eigenvalue weighted by molar-refractivity contribution is 0.189. The van der Waals surface area contributed by atoms with Crippen molar-refractivity contribution in [2.24, 2.45) is 7.05 Å². The van der Waals surface area contributed by atoms with Crippen LogP contribution in [0.2, 0.25) is 0 Å². The zero-order valence-electron chi connectivity index (χ0n) is 11.5. The molecule has 0 aliphatic carbocycles. The minimum Gasteiger partial charge on any atom is -0.487 e. The molecule has 0 spiro atoms. The highest BCUT2D eigenvalue weighted by Crippen LogP contribution is 2.30. The summed E-state index contributed by atoms with van der Waals surface area (Å²) < 4.78 is 9.50. The monoisotopic (exact) mass is 402 g/mol. The van der Waals surface area contributed by atoms with Crippen LogP contribution in [0.15, 0.2) is 27.1 Å². The number of hydrogen-bond acceptors (Lipinski definition) is 3. The molecule has 1 heterocycles. The second-order valence-corrected chi connectivity index (χ2v) is 6.33. The third kappa shape index (κ3) is 3.24. The molecule has 0 bridgehead atoms. The number of halogens is 2. The smallest absolute Gasteiger partial charge is 0.131 e. The van der Waals surface area contributed by atoms with E-state index in [0.29, 0.717) is 12.4 Å². The van der Waals surface area contributed by atoms with Gasteiger partial charge in [-0.25, -0.2) is 0 Å². The molecular weight excluding hydrogens is 388 g/mol. The van der Waals surface area contributed by atoms with E-state index < -0.39 is 6.10 Å². The predicted octanol–water partition coefficient (Wildman–Crippen LogP) is 3.89. The number of benzene rings is 1. The topological polar surface area (TPSA) is 47.3 Å². The minimum atomic E-state index is -0.584. The van der Waals surface area contributed by atoms with Crippen molar-refractivity contribution in [3.05, 3.63) is 44.1 Å². The first-order valence-electron chi connectivity index (χ1n) is 6.18. The Morgan fingerprint density at radius 2 is 2.10 bits per heavy atom. The average molecular weight is 404 g/mol. The molecular formula is C14H16Br2N2O2. The SMILES string of the molecule is Cc1nn(C)c(COc2ccc(Br)cc2C(C)O)c1Br. The third-order valence-corrected chi connectivity index (χ3v) is 4.57. The average Bonchev–Trinajstić information content (AvgIpc) is 2.62. The van der Waals surface area contributed by atoms with E-state index in [1.165, 1.54) is 0 Å². The van der Waals surface area contributed by atoms with Crippen LogP contribution in [-0.4, -0.2) is 14.9 Å². The van der Waals surface area contributed by atoms with Crippen LogP contribution in [0.1, 0.15) is 30.0 Å². The number of aryl methyl sites for hydroxylation is 2. The summed E-state index contributed by atoms with van der Waals surface area (Å²) in [5.41, 5.74) is 2.65. The molecule has 2 aromatic rings. The van der Waals surface area contributed by atoms with Gasteiger partial charge in [0.1, 0.15) is 12.4 Å². The van der Waals surface area contributed by atoms with E-state index in [1.54, 1.807) is 11.6 Å². The lowest BCUT2D eigenvalue weighted by atomic mass is 10.1. The molecule has 0 saturated heterocycles. The number of aliphatic hydroxyl groups excluding tert-OH is 1. The Bertz CT molecular complexity index is 624. The van der Waals surface area contributed by atoms with Gasteiger partial charge in [0.2, 0.25) is 0 Å². The zero-order valence-corrected chi connectivity index (χ0v) is 14.7. The van der Waals surface area contributed by atoms with Crippen LogP contribution in [-0.2, 0) is 13.7 Å². The Balaban J connectivity index is 2.23. The standard InChI is InChI=1S/C14H16Br2N2O2/c1-8-14(16)12(18(3)17-8)7-20-13-5-4-10(15)6-11(13)9(2)19/h4-6,9,19H,7H2,1-3H3. The van der Waals surface area contributed by atoms with Crippen LogP contribution < -0.4 is 4.74 Å². The molecule has 108 valence electrons. The van der Waals surface area contributed by atoms with Gasteiger partial charge in [0, 0.05) is 17.1 Å². The molecule has 1 aromatic heterocycles. The second-order valence-electron chi connectivity index (χ2n) is 4.62. The van der Waals surface area contributed by atoms with Crippen LogP contribution in [0.4, 0.5) is 0 Å². The third-order valence-electron chi connectivity index (χ3n) is 3.05. The number of rotatable bonds is 4. The molecule has 1 unspecified atom stereocenters. The summed E-state index contributed by atoms with van der Waals surface area (Å²) in [6.07, 6.45) is -0.584.